The Hall–Kier alpha value is -1.03. The molecule has 15 heavy (non-hydrogen) atoms. The van der Waals surface area contributed by atoms with Gasteiger partial charge in [-0.05, 0) is 40.2 Å². The lowest BCUT2D eigenvalue weighted by molar-refractivity contribution is 0.206. The van der Waals surface area contributed by atoms with Crippen LogP contribution in [0.5, 0.6) is 5.75 Å². The highest BCUT2D eigenvalue weighted by atomic mass is 16.5. The number of aromatic nitrogens is 2. The molecule has 1 unspecified atom stereocenters. The number of ether oxygens (including phenoxy) is 1. The van der Waals surface area contributed by atoms with Gasteiger partial charge in [0.2, 0.25) is 0 Å². The van der Waals surface area contributed by atoms with Crippen LogP contribution in [0.15, 0.2) is 0 Å². The van der Waals surface area contributed by atoms with Gasteiger partial charge in [0, 0.05) is 7.05 Å². The summed E-state index contributed by atoms with van der Waals surface area (Å²) in [5, 5.41) is 4.31. The van der Waals surface area contributed by atoms with E-state index in [4.69, 9.17) is 10.5 Å². The van der Waals surface area contributed by atoms with Crippen molar-refractivity contribution in [2.45, 2.75) is 39.7 Å². The molecule has 4 nitrogen and oxygen atoms in total. The average Bonchev–Trinajstić information content (AvgIpc) is 2.42. The summed E-state index contributed by atoms with van der Waals surface area (Å²) in [5.41, 5.74) is 7.49. The number of hydrogen-bond donors (Lipinski definition) is 1. The summed E-state index contributed by atoms with van der Waals surface area (Å²) in [6.45, 7) is 6.78. The zero-order valence-corrected chi connectivity index (χ0v) is 10.1. The minimum Gasteiger partial charge on any atom is -0.487 e. The van der Waals surface area contributed by atoms with E-state index in [-0.39, 0.29) is 6.10 Å². The molecule has 0 aromatic carbocycles. The molecule has 1 heterocycles. The maximum absolute atomic E-state index is 5.86. The minimum atomic E-state index is 0.204. The molecule has 0 spiro atoms. The standard InChI is InChI=1S/C11H21N3O/c1-8(6-5-7-12)15-11-9(2)13-14(4)10(11)3/h8H,5-7,12H2,1-4H3. The molecule has 1 aromatic heterocycles. The molecule has 0 radical (unpaired) electrons. The fourth-order valence-corrected chi connectivity index (χ4v) is 1.59. The van der Waals surface area contributed by atoms with Gasteiger partial charge < -0.3 is 10.5 Å². The average molecular weight is 211 g/mol. The van der Waals surface area contributed by atoms with Gasteiger partial charge >= 0.3 is 0 Å². The Morgan fingerprint density at radius 3 is 2.60 bits per heavy atom. The molecule has 1 aromatic rings. The number of hydrogen-bond acceptors (Lipinski definition) is 3. The smallest absolute Gasteiger partial charge is 0.163 e. The molecular weight excluding hydrogens is 190 g/mol. The lowest BCUT2D eigenvalue weighted by atomic mass is 10.2. The fraction of sp³-hybridized carbons (Fsp3) is 0.727. The monoisotopic (exact) mass is 211 g/mol. The first-order valence-corrected chi connectivity index (χ1v) is 5.43. The lowest BCUT2D eigenvalue weighted by Gasteiger charge is -2.14. The van der Waals surface area contributed by atoms with Crippen LogP contribution in [0.1, 0.15) is 31.2 Å². The molecule has 0 amide bonds. The molecule has 0 bridgehead atoms. The van der Waals surface area contributed by atoms with Crippen LogP contribution in [0, 0.1) is 13.8 Å². The van der Waals surface area contributed by atoms with Crippen molar-refractivity contribution in [1.82, 2.24) is 9.78 Å². The number of nitrogens with zero attached hydrogens (tertiary/aromatic N) is 2. The third-order valence-corrected chi connectivity index (χ3v) is 2.58. The maximum Gasteiger partial charge on any atom is 0.163 e. The van der Waals surface area contributed by atoms with E-state index in [1.54, 1.807) is 0 Å². The van der Waals surface area contributed by atoms with Crippen LogP contribution in [0.4, 0.5) is 0 Å². The number of aryl methyl sites for hydroxylation is 2. The number of rotatable bonds is 5. The first-order chi connectivity index (χ1) is 7.06. The molecule has 86 valence electrons. The quantitative estimate of drug-likeness (QED) is 0.803. The summed E-state index contributed by atoms with van der Waals surface area (Å²) in [5.74, 6) is 0.919. The SMILES string of the molecule is Cc1nn(C)c(C)c1OC(C)CCCN. The van der Waals surface area contributed by atoms with E-state index in [9.17, 15) is 0 Å². The normalized spacial score (nSPS) is 12.9. The second kappa shape index (κ2) is 5.16. The van der Waals surface area contributed by atoms with Crippen molar-refractivity contribution < 1.29 is 4.74 Å². The van der Waals surface area contributed by atoms with E-state index < -0.39 is 0 Å². The van der Waals surface area contributed by atoms with Gasteiger partial charge in [-0.2, -0.15) is 5.10 Å². The fourth-order valence-electron chi connectivity index (χ4n) is 1.59. The van der Waals surface area contributed by atoms with Crippen molar-refractivity contribution in [3.8, 4) is 5.75 Å². The third kappa shape index (κ3) is 2.96. The van der Waals surface area contributed by atoms with Crippen LogP contribution in [0.2, 0.25) is 0 Å². The van der Waals surface area contributed by atoms with E-state index >= 15 is 0 Å². The summed E-state index contributed by atoms with van der Waals surface area (Å²) in [6.07, 6.45) is 2.19. The Morgan fingerprint density at radius 2 is 2.13 bits per heavy atom. The van der Waals surface area contributed by atoms with Crippen LogP contribution in [0.3, 0.4) is 0 Å². The molecule has 1 rings (SSSR count). The molecule has 0 fully saturated rings. The van der Waals surface area contributed by atoms with Crippen molar-refractivity contribution >= 4 is 0 Å². The van der Waals surface area contributed by atoms with Crippen LogP contribution < -0.4 is 10.5 Å². The molecule has 0 saturated heterocycles. The van der Waals surface area contributed by atoms with Gasteiger partial charge in [-0.15, -0.1) is 0 Å². The van der Waals surface area contributed by atoms with Crippen molar-refractivity contribution in [1.29, 1.82) is 0 Å². The second-order valence-electron chi connectivity index (χ2n) is 3.98. The minimum absolute atomic E-state index is 0.204. The van der Waals surface area contributed by atoms with Crippen molar-refractivity contribution in [2.24, 2.45) is 12.8 Å². The van der Waals surface area contributed by atoms with E-state index in [0.717, 1.165) is 36.5 Å². The van der Waals surface area contributed by atoms with Gasteiger partial charge in [0.25, 0.3) is 0 Å². The van der Waals surface area contributed by atoms with Gasteiger partial charge in [-0.25, -0.2) is 0 Å². The zero-order valence-electron chi connectivity index (χ0n) is 10.1. The van der Waals surface area contributed by atoms with Gasteiger partial charge in [0.1, 0.15) is 5.69 Å². The highest BCUT2D eigenvalue weighted by Crippen LogP contribution is 2.23. The van der Waals surface area contributed by atoms with E-state index in [1.165, 1.54) is 0 Å². The zero-order chi connectivity index (χ0) is 11.4. The van der Waals surface area contributed by atoms with Gasteiger partial charge in [0.15, 0.2) is 5.75 Å². The van der Waals surface area contributed by atoms with Crippen molar-refractivity contribution in [2.75, 3.05) is 6.54 Å². The van der Waals surface area contributed by atoms with Gasteiger partial charge in [0.05, 0.1) is 11.8 Å². The van der Waals surface area contributed by atoms with Crippen LogP contribution in [-0.2, 0) is 7.05 Å². The predicted octanol–water partition coefficient (Wildman–Crippen LogP) is 1.54. The molecular formula is C11H21N3O. The highest BCUT2D eigenvalue weighted by Gasteiger charge is 2.13. The Kier molecular flexibility index (Phi) is 4.15. The summed E-state index contributed by atoms with van der Waals surface area (Å²) in [4.78, 5) is 0. The summed E-state index contributed by atoms with van der Waals surface area (Å²) >= 11 is 0. The lowest BCUT2D eigenvalue weighted by Crippen LogP contribution is -2.14. The molecule has 0 aliphatic carbocycles. The second-order valence-corrected chi connectivity index (χ2v) is 3.98. The summed E-state index contributed by atoms with van der Waals surface area (Å²) in [6, 6.07) is 0. The Morgan fingerprint density at radius 1 is 1.47 bits per heavy atom. The molecule has 1 atom stereocenters. The van der Waals surface area contributed by atoms with Gasteiger partial charge in [-0.3, -0.25) is 4.68 Å². The Bertz CT molecular complexity index is 320. The third-order valence-electron chi connectivity index (χ3n) is 2.58. The van der Waals surface area contributed by atoms with Crippen molar-refractivity contribution in [3.05, 3.63) is 11.4 Å². The molecule has 4 heteroatoms. The Balaban J connectivity index is 2.63. The Labute approximate surface area is 91.4 Å². The summed E-state index contributed by atoms with van der Waals surface area (Å²) < 4.78 is 7.71. The largest absolute Gasteiger partial charge is 0.487 e. The van der Waals surface area contributed by atoms with E-state index in [2.05, 4.69) is 12.0 Å². The van der Waals surface area contributed by atoms with Crippen LogP contribution in [0.25, 0.3) is 0 Å². The molecule has 0 aliphatic rings. The first kappa shape index (κ1) is 12.0. The topological polar surface area (TPSA) is 53.1 Å². The highest BCUT2D eigenvalue weighted by molar-refractivity contribution is 5.31. The molecule has 2 N–H and O–H groups in total. The maximum atomic E-state index is 5.86. The predicted molar refractivity (Wildman–Crippen MR) is 61.1 cm³/mol. The van der Waals surface area contributed by atoms with Crippen LogP contribution >= 0.6 is 0 Å². The first-order valence-electron chi connectivity index (χ1n) is 5.43. The molecule has 0 aliphatic heterocycles. The van der Waals surface area contributed by atoms with Crippen LogP contribution in [-0.4, -0.2) is 22.4 Å². The van der Waals surface area contributed by atoms with E-state index in [1.807, 2.05) is 25.6 Å². The molecule has 0 saturated carbocycles. The summed E-state index contributed by atoms with van der Waals surface area (Å²) in [7, 11) is 1.93. The van der Waals surface area contributed by atoms with Gasteiger partial charge in [-0.1, -0.05) is 0 Å². The van der Waals surface area contributed by atoms with E-state index in [0.29, 0.717) is 0 Å². The van der Waals surface area contributed by atoms with Crippen molar-refractivity contribution in [3.63, 3.8) is 0 Å². The number of nitrogens with two attached hydrogens (primary N) is 1.